The van der Waals surface area contributed by atoms with Gasteiger partial charge in [-0.3, -0.25) is 9.69 Å². The van der Waals surface area contributed by atoms with E-state index in [1.54, 1.807) is 18.2 Å². The zero-order valence-corrected chi connectivity index (χ0v) is 12.8. The molecule has 0 radical (unpaired) electrons. The molecule has 1 aromatic rings. The van der Waals surface area contributed by atoms with E-state index in [0.29, 0.717) is 27.9 Å². The van der Waals surface area contributed by atoms with Crippen molar-refractivity contribution in [2.45, 2.75) is 32.9 Å². The predicted octanol–water partition coefficient (Wildman–Crippen LogP) is 3.46. The highest BCUT2D eigenvalue weighted by molar-refractivity contribution is 6.35. The topological polar surface area (TPSA) is 49.4 Å². The normalized spacial score (nSPS) is 18.9. The second kappa shape index (κ2) is 6.02. The average Bonchev–Trinajstić information content (AvgIpc) is 2.59. The number of nitrogens with zero attached hydrogens (tertiary/aromatic N) is 1. The van der Waals surface area contributed by atoms with Gasteiger partial charge in [0, 0.05) is 10.0 Å². The number of urea groups is 1. The summed E-state index contributed by atoms with van der Waals surface area (Å²) in [6.07, 6.45) is 0.634. The average molecular weight is 315 g/mol. The highest BCUT2D eigenvalue weighted by atomic mass is 35.5. The zero-order chi connectivity index (χ0) is 14.9. The van der Waals surface area contributed by atoms with Gasteiger partial charge in [0.1, 0.15) is 6.04 Å². The van der Waals surface area contributed by atoms with Crippen LogP contribution >= 0.6 is 23.2 Å². The molecular weight excluding hydrogens is 299 g/mol. The van der Waals surface area contributed by atoms with Crippen LogP contribution < -0.4 is 5.32 Å². The molecule has 0 aromatic heterocycles. The van der Waals surface area contributed by atoms with E-state index in [1.165, 1.54) is 4.90 Å². The summed E-state index contributed by atoms with van der Waals surface area (Å²) in [5, 5.41) is 3.68. The maximum absolute atomic E-state index is 12.2. The number of hydrogen-bond acceptors (Lipinski definition) is 2. The SMILES string of the molecule is CC(C)CC1NC(=O)N(Cc2ccc(Cl)cc2Cl)C1=O. The molecule has 20 heavy (non-hydrogen) atoms. The van der Waals surface area contributed by atoms with Crippen LogP contribution in [0, 0.1) is 5.92 Å². The zero-order valence-electron chi connectivity index (χ0n) is 11.3. The van der Waals surface area contributed by atoms with E-state index in [1.807, 2.05) is 13.8 Å². The van der Waals surface area contributed by atoms with E-state index in [9.17, 15) is 9.59 Å². The second-order valence-electron chi connectivity index (χ2n) is 5.29. The maximum atomic E-state index is 12.2. The van der Waals surface area contributed by atoms with E-state index in [-0.39, 0.29) is 18.5 Å². The van der Waals surface area contributed by atoms with Gasteiger partial charge in [-0.1, -0.05) is 43.1 Å². The first-order valence-electron chi connectivity index (χ1n) is 6.44. The first-order valence-corrected chi connectivity index (χ1v) is 7.20. The monoisotopic (exact) mass is 314 g/mol. The van der Waals surface area contributed by atoms with E-state index in [4.69, 9.17) is 23.2 Å². The fraction of sp³-hybridized carbons (Fsp3) is 0.429. The van der Waals surface area contributed by atoms with Gasteiger partial charge < -0.3 is 5.32 Å². The summed E-state index contributed by atoms with van der Waals surface area (Å²) in [7, 11) is 0. The van der Waals surface area contributed by atoms with Gasteiger partial charge >= 0.3 is 6.03 Å². The van der Waals surface area contributed by atoms with Crippen LogP contribution in [0.1, 0.15) is 25.8 Å². The van der Waals surface area contributed by atoms with E-state index < -0.39 is 6.04 Å². The summed E-state index contributed by atoms with van der Waals surface area (Å²) in [4.78, 5) is 25.3. The van der Waals surface area contributed by atoms with Crippen molar-refractivity contribution >= 4 is 35.1 Å². The van der Waals surface area contributed by atoms with Gasteiger partial charge in [0.05, 0.1) is 6.54 Å². The first-order chi connectivity index (χ1) is 9.38. The molecule has 108 valence electrons. The molecule has 0 saturated carbocycles. The predicted molar refractivity (Wildman–Crippen MR) is 78.8 cm³/mol. The molecule has 1 fully saturated rings. The third kappa shape index (κ3) is 3.25. The number of hydrogen-bond donors (Lipinski definition) is 1. The molecule has 0 spiro atoms. The van der Waals surface area contributed by atoms with Gasteiger partial charge in [0.25, 0.3) is 5.91 Å². The number of carbonyl (C=O) groups is 2. The fourth-order valence-corrected chi connectivity index (χ4v) is 2.65. The highest BCUT2D eigenvalue weighted by Gasteiger charge is 2.38. The van der Waals surface area contributed by atoms with Crippen LogP contribution in [-0.2, 0) is 11.3 Å². The van der Waals surface area contributed by atoms with Crippen LogP contribution in [0.3, 0.4) is 0 Å². The van der Waals surface area contributed by atoms with Gasteiger partial charge in [-0.25, -0.2) is 4.79 Å². The minimum Gasteiger partial charge on any atom is -0.326 e. The van der Waals surface area contributed by atoms with Crippen molar-refractivity contribution in [2.24, 2.45) is 5.92 Å². The van der Waals surface area contributed by atoms with Gasteiger partial charge in [-0.2, -0.15) is 0 Å². The van der Waals surface area contributed by atoms with Gasteiger partial charge in [0.2, 0.25) is 0 Å². The summed E-state index contributed by atoms with van der Waals surface area (Å²) in [5.74, 6) is 0.137. The van der Waals surface area contributed by atoms with E-state index in [0.717, 1.165) is 0 Å². The lowest BCUT2D eigenvalue weighted by atomic mass is 10.0. The summed E-state index contributed by atoms with van der Waals surface area (Å²) in [5.41, 5.74) is 0.699. The molecule has 1 aliphatic heterocycles. The summed E-state index contributed by atoms with van der Waals surface area (Å²) in [6, 6.07) is 4.20. The molecule has 0 bridgehead atoms. The number of rotatable bonds is 4. The number of benzene rings is 1. The van der Waals surface area contributed by atoms with E-state index in [2.05, 4.69) is 5.32 Å². The molecule has 1 atom stereocenters. The van der Waals surface area contributed by atoms with Crippen molar-refractivity contribution < 1.29 is 9.59 Å². The van der Waals surface area contributed by atoms with Crippen molar-refractivity contribution in [1.82, 2.24) is 10.2 Å². The molecular formula is C14H16Cl2N2O2. The lowest BCUT2D eigenvalue weighted by Gasteiger charge is -2.15. The Morgan fingerprint density at radius 3 is 2.60 bits per heavy atom. The Balaban J connectivity index is 2.13. The first kappa shape index (κ1) is 15.1. The van der Waals surface area contributed by atoms with Crippen molar-refractivity contribution in [3.63, 3.8) is 0 Å². The molecule has 1 N–H and O–H groups in total. The number of carbonyl (C=O) groups excluding carboxylic acids is 2. The van der Waals surface area contributed by atoms with Crippen molar-refractivity contribution in [3.8, 4) is 0 Å². The molecule has 2 rings (SSSR count). The summed E-state index contributed by atoms with van der Waals surface area (Å²) >= 11 is 11.9. The van der Waals surface area contributed by atoms with Crippen LogP contribution in [0.5, 0.6) is 0 Å². The summed E-state index contributed by atoms with van der Waals surface area (Å²) in [6.45, 7) is 4.19. The molecule has 6 heteroatoms. The molecule has 1 aliphatic rings. The number of amides is 3. The Morgan fingerprint density at radius 2 is 2.00 bits per heavy atom. The van der Waals surface area contributed by atoms with Crippen molar-refractivity contribution in [1.29, 1.82) is 0 Å². The number of nitrogens with one attached hydrogen (secondary N) is 1. The highest BCUT2D eigenvalue weighted by Crippen LogP contribution is 2.24. The van der Waals surface area contributed by atoms with Gasteiger partial charge in [0.15, 0.2) is 0 Å². The largest absolute Gasteiger partial charge is 0.326 e. The smallest absolute Gasteiger partial charge is 0.325 e. The summed E-state index contributed by atoms with van der Waals surface area (Å²) < 4.78 is 0. The maximum Gasteiger partial charge on any atom is 0.325 e. The molecule has 0 aliphatic carbocycles. The molecule has 1 unspecified atom stereocenters. The Morgan fingerprint density at radius 1 is 1.30 bits per heavy atom. The van der Waals surface area contributed by atoms with Crippen LogP contribution in [0.4, 0.5) is 4.79 Å². The minimum absolute atomic E-state index is 0.162. The van der Waals surface area contributed by atoms with Gasteiger partial charge in [-0.05, 0) is 30.0 Å². The molecule has 1 saturated heterocycles. The Hall–Kier alpha value is -1.26. The van der Waals surface area contributed by atoms with Crippen LogP contribution in [-0.4, -0.2) is 22.9 Å². The quantitative estimate of drug-likeness (QED) is 0.865. The van der Waals surface area contributed by atoms with Crippen LogP contribution in [0.15, 0.2) is 18.2 Å². The van der Waals surface area contributed by atoms with Crippen LogP contribution in [0.25, 0.3) is 0 Å². The molecule has 4 nitrogen and oxygen atoms in total. The second-order valence-corrected chi connectivity index (χ2v) is 6.14. The third-order valence-corrected chi connectivity index (χ3v) is 3.74. The standard InChI is InChI=1S/C14H16Cl2N2O2/c1-8(2)5-12-13(19)18(14(20)17-12)7-9-3-4-10(15)6-11(9)16/h3-4,6,8,12H,5,7H2,1-2H3,(H,17,20). The Bertz CT molecular complexity index is 546. The Labute approximate surface area is 128 Å². The molecule has 1 heterocycles. The van der Waals surface area contributed by atoms with Gasteiger partial charge in [-0.15, -0.1) is 0 Å². The Kier molecular flexibility index (Phi) is 4.55. The number of halogens is 2. The lowest BCUT2D eigenvalue weighted by molar-refractivity contribution is -0.128. The van der Waals surface area contributed by atoms with E-state index >= 15 is 0 Å². The lowest BCUT2D eigenvalue weighted by Crippen LogP contribution is -2.31. The van der Waals surface area contributed by atoms with Crippen molar-refractivity contribution in [3.05, 3.63) is 33.8 Å². The fourth-order valence-electron chi connectivity index (χ4n) is 2.18. The molecule has 3 amide bonds. The van der Waals surface area contributed by atoms with Crippen molar-refractivity contribution in [2.75, 3.05) is 0 Å². The minimum atomic E-state index is -0.437. The third-order valence-electron chi connectivity index (χ3n) is 3.16. The molecule has 1 aromatic carbocycles. The van der Waals surface area contributed by atoms with Crippen LogP contribution in [0.2, 0.25) is 10.0 Å². The number of imide groups is 1.